The lowest BCUT2D eigenvalue weighted by Crippen LogP contribution is -2.16. The van der Waals surface area contributed by atoms with Crippen molar-refractivity contribution in [1.29, 1.82) is 0 Å². The molecule has 0 fully saturated rings. The molecule has 1 aromatic heterocycles. The fourth-order valence-corrected chi connectivity index (χ4v) is 2.96. The molecule has 1 atom stereocenters. The van der Waals surface area contributed by atoms with Crippen LogP contribution < -0.4 is 5.32 Å². The van der Waals surface area contributed by atoms with Gasteiger partial charge in [0, 0.05) is 14.9 Å². The van der Waals surface area contributed by atoms with Gasteiger partial charge in [-0.05, 0) is 64.9 Å². The molecule has 0 aliphatic rings. The van der Waals surface area contributed by atoms with E-state index in [1.54, 1.807) is 0 Å². The Morgan fingerprint density at radius 2 is 1.90 bits per heavy atom. The molecule has 1 heterocycles. The number of halogens is 3. The highest BCUT2D eigenvalue weighted by molar-refractivity contribution is 9.10. The second-order valence-corrected chi connectivity index (χ2v) is 6.42. The molecule has 0 spiro atoms. The average molecular weight is 385 g/mol. The number of nitrogens with one attached hydrogen (secondary N) is 1. The number of benzene rings is 2. The molecule has 0 radical (unpaired) electrons. The summed E-state index contributed by atoms with van der Waals surface area (Å²) in [6.07, 6.45) is 0. The minimum atomic E-state index is -0.0678. The van der Waals surface area contributed by atoms with Crippen LogP contribution in [0.4, 0.5) is 0 Å². The van der Waals surface area contributed by atoms with Crippen LogP contribution in [-0.4, -0.2) is 7.05 Å². The minimum Gasteiger partial charge on any atom is -0.459 e. The van der Waals surface area contributed by atoms with Crippen molar-refractivity contribution >= 4 is 50.1 Å². The fourth-order valence-electron chi connectivity index (χ4n) is 2.34. The molecular formula is C16H12BrCl2NO. The van der Waals surface area contributed by atoms with Gasteiger partial charge < -0.3 is 9.73 Å². The Balaban J connectivity index is 2.06. The standard InChI is InChI=1S/C16H12BrCl2NO/c1-20-16(9-2-4-12(17)13(19)7-9)15-8-10-6-11(18)3-5-14(10)21-15/h2-8,16,20H,1H3. The van der Waals surface area contributed by atoms with Crippen LogP contribution in [0.5, 0.6) is 0 Å². The summed E-state index contributed by atoms with van der Waals surface area (Å²) in [5.41, 5.74) is 1.86. The highest BCUT2D eigenvalue weighted by Crippen LogP contribution is 2.32. The Morgan fingerprint density at radius 1 is 1.10 bits per heavy atom. The Morgan fingerprint density at radius 3 is 2.62 bits per heavy atom. The fraction of sp³-hybridized carbons (Fsp3) is 0.125. The van der Waals surface area contributed by atoms with E-state index in [2.05, 4.69) is 21.2 Å². The first-order chi connectivity index (χ1) is 10.1. The van der Waals surface area contributed by atoms with Crippen LogP contribution in [0.2, 0.25) is 10.0 Å². The summed E-state index contributed by atoms with van der Waals surface area (Å²) in [6, 6.07) is 13.4. The van der Waals surface area contributed by atoms with E-state index >= 15 is 0 Å². The second-order valence-electron chi connectivity index (χ2n) is 4.73. The Labute approximate surface area is 141 Å². The molecular weight excluding hydrogens is 373 g/mol. The third-order valence-electron chi connectivity index (χ3n) is 3.35. The summed E-state index contributed by atoms with van der Waals surface area (Å²) in [4.78, 5) is 0. The average Bonchev–Trinajstić information content (AvgIpc) is 2.86. The summed E-state index contributed by atoms with van der Waals surface area (Å²) in [5.74, 6) is 0.827. The monoisotopic (exact) mass is 383 g/mol. The topological polar surface area (TPSA) is 25.2 Å². The van der Waals surface area contributed by atoms with Crippen molar-refractivity contribution in [3.8, 4) is 0 Å². The van der Waals surface area contributed by atoms with E-state index in [0.717, 1.165) is 26.8 Å². The van der Waals surface area contributed by atoms with Crippen molar-refractivity contribution in [2.45, 2.75) is 6.04 Å². The molecule has 2 nitrogen and oxygen atoms in total. The van der Waals surface area contributed by atoms with Crippen LogP contribution in [0, 0.1) is 0 Å². The van der Waals surface area contributed by atoms with Crippen LogP contribution in [0.25, 0.3) is 11.0 Å². The maximum Gasteiger partial charge on any atom is 0.134 e. The smallest absolute Gasteiger partial charge is 0.134 e. The van der Waals surface area contributed by atoms with Crippen LogP contribution >= 0.6 is 39.1 Å². The summed E-state index contributed by atoms with van der Waals surface area (Å²) in [7, 11) is 1.89. The van der Waals surface area contributed by atoms with Gasteiger partial charge in [-0.1, -0.05) is 29.3 Å². The molecule has 0 bridgehead atoms. The molecule has 2 aromatic carbocycles. The van der Waals surface area contributed by atoms with Gasteiger partial charge in [-0.25, -0.2) is 0 Å². The van der Waals surface area contributed by atoms with Gasteiger partial charge in [-0.15, -0.1) is 0 Å². The first-order valence-electron chi connectivity index (χ1n) is 6.39. The highest BCUT2D eigenvalue weighted by atomic mass is 79.9. The Kier molecular flexibility index (Phi) is 4.27. The molecule has 1 N–H and O–H groups in total. The zero-order valence-corrected chi connectivity index (χ0v) is 14.3. The molecule has 0 aliphatic heterocycles. The van der Waals surface area contributed by atoms with Crippen molar-refractivity contribution in [1.82, 2.24) is 5.32 Å². The number of furan rings is 1. The zero-order chi connectivity index (χ0) is 15.0. The van der Waals surface area contributed by atoms with E-state index < -0.39 is 0 Å². The quantitative estimate of drug-likeness (QED) is 0.616. The maximum atomic E-state index is 6.18. The molecule has 108 valence electrons. The molecule has 3 rings (SSSR count). The number of rotatable bonds is 3. The van der Waals surface area contributed by atoms with Crippen molar-refractivity contribution in [3.63, 3.8) is 0 Å². The van der Waals surface area contributed by atoms with E-state index in [-0.39, 0.29) is 6.04 Å². The predicted octanol–water partition coefficient (Wildman–Crippen LogP) is 5.81. The van der Waals surface area contributed by atoms with Crippen LogP contribution in [0.1, 0.15) is 17.4 Å². The number of hydrogen-bond acceptors (Lipinski definition) is 2. The van der Waals surface area contributed by atoms with Gasteiger partial charge >= 0.3 is 0 Å². The SMILES string of the molecule is CNC(c1ccc(Br)c(Cl)c1)c1cc2cc(Cl)ccc2o1. The Bertz CT molecular complexity index is 800. The van der Waals surface area contributed by atoms with E-state index in [4.69, 9.17) is 27.6 Å². The van der Waals surface area contributed by atoms with Gasteiger partial charge in [0.25, 0.3) is 0 Å². The molecule has 0 amide bonds. The molecule has 0 saturated heterocycles. The lowest BCUT2D eigenvalue weighted by Gasteiger charge is -2.14. The van der Waals surface area contributed by atoms with E-state index in [9.17, 15) is 0 Å². The first kappa shape index (κ1) is 14.9. The lowest BCUT2D eigenvalue weighted by atomic mass is 10.0. The van der Waals surface area contributed by atoms with Crippen molar-refractivity contribution < 1.29 is 4.42 Å². The summed E-state index contributed by atoms with van der Waals surface area (Å²) >= 11 is 15.6. The van der Waals surface area contributed by atoms with E-state index in [1.165, 1.54) is 0 Å². The van der Waals surface area contributed by atoms with Gasteiger partial charge in [0.15, 0.2) is 0 Å². The summed E-state index contributed by atoms with van der Waals surface area (Å²) < 4.78 is 6.80. The minimum absolute atomic E-state index is 0.0678. The first-order valence-corrected chi connectivity index (χ1v) is 7.94. The van der Waals surface area contributed by atoms with Crippen molar-refractivity contribution in [3.05, 3.63) is 68.3 Å². The molecule has 5 heteroatoms. The number of hydrogen-bond donors (Lipinski definition) is 1. The van der Waals surface area contributed by atoms with Gasteiger partial charge in [0.2, 0.25) is 0 Å². The third-order valence-corrected chi connectivity index (χ3v) is 4.82. The second kappa shape index (κ2) is 6.01. The molecule has 3 aromatic rings. The zero-order valence-electron chi connectivity index (χ0n) is 11.2. The Hall–Kier alpha value is -1.00. The molecule has 1 unspecified atom stereocenters. The van der Waals surface area contributed by atoms with Crippen LogP contribution in [0.15, 0.2) is 51.4 Å². The summed E-state index contributed by atoms with van der Waals surface area (Å²) in [5, 5.41) is 5.61. The van der Waals surface area contributed by atoms with Gasteiger partial charge in [-0.3, -0.25) is 0 Å². The van der Waals surface area contributed by atoms with Crippen LogP contribution in [0.3, 0.4) is 0 Å². The van der Waals surface area contributed by atoms with E-state index in [1.807, 2.05) is 49.5 Å². The van der Waals surface area contributed by atoms with E-state index in [0.29, 0.717) is 10.0 Å². The van der Waals surface area contributed by atoms with Gasteiger partial charge in [0.1, 0.15) is 11.3 Å². The van der Waals surface area contributed by atoms with Gasteiger partial charge in [-0.2, -0.15) is 0 Å². The maximum absolute atomic E-state index is 6.18. The van der Waals surface area contributed by atoms with Crippen molar-refractivity contribution in [2.24, 2.45) is 0 Å². The predicted molar refractivity (Wildman–Crippen MR) is 91.3 cm³/mol. The molecule has 0 saturated carbocycles. The normalized spacial score (nSPS) is 12.8. The van der Waals surface area contributed by atoms with Crippen LogP contribution in [-0.2, 0) is 0 Å². The summed E-state index contributed by atoms with van der Waals surface area (Å²) in [6.45, 7) is 0. The third kappa shape index (κ3) is 2.97. The lowest BCUT2D eigenvalue weighted by molar-refractivity contribution is 0.491. The largest absolute Gasteiger partial charge is 0.459 e. The number of fused-ring (bicyclic) bond motifs is 1. The van der Waals surface area contributed by atoms with Crippen molar-refractivity contribution in [2.75, 3.05) is 7.05 Å². The molecule has 0 aliphatic carbocycles. The highest BCUT2D eigenvalue weighted by Gasteiger charge is 2.17. The van der Waals surface area contributed by atoms with Gasteiger partial charge in [0.05, 0.1) is 11.1 Å². The molecule has 21 heavy (non-hydrogen) atoms.